The van der Waals surface area contributed by atoms with Gasteiger partial charge < -0.3 is 0 Å². The first-order valence-electron chi connectivity index (χ1n) is 4.06. The molecule has 0 aromatic heterocycles. The SMILES string of the molecule is C=C1C=CC(C(C)(C)C)=CC1. The summed E-state index contributed by atoms with van der Waals surface area (Å²) in [5.74, 6) is 0. The first-order chi connectivity index (χ1) is 5.00. The fourth-order valence-electron chi connectivity index (χ4n) is 1.14. The van der Waals surface area contributed by atoms with Crippen LogP contribution in [0.2, 0.25) is 0 Å². The molecule has 0 unspecified atom stereocenters. The van der Waals surface area contributed by atoms with Crippen LogP contribution in [0.5, 0.6) is 0 Å². The van der Waals surface area contributed by atoms with Crippen molar-refractivity contribution in [2.45, 2.75) is 27.2 Å². The highest BCUT2D eigenvalue weighted by Crippen LogP contribution is 2.29. The standard InChI is InChI=1S/C11H16/c1-9-5-7-10(8-6-9)11(2,3)4/h5,7-8H,1,6H2,2-4H3. The molecule has 0 amide bonds. The highest BCUT2D eigenvalue weighted by Gasteiger charge is 2.15. The molecule has 1 rings (SSSR count). The van der Waals surface area contributed by atoms with Crippen molar-refractivity contribution < 1.29 is 0 Å². The predicted octanol–water partition coefficient (Wildman–Crippen LogP) is 3.48. The van der Waals surface area contributed by atoms with Gasteiger partial charge in [-0.25, -0.2) is 0 Å². The van der Waals surface area contributed by atoms with E-state index in [9.17, 15) is 0 Å². The zero-order chi connectivity index (χ0) is 8.48. The Morgan fingerprint density at radius 3 is 2.27 bits per heavy atom. The Kier molecular flexibility index (Phi) is 2.03. The Morgan fingerprint density at radius 2 is 1.91 bits per heavy atom. The third-order valence-electron chi connectivity index (χ3n) is 1.95. The van der Waals surface area contributed by atoms with Crippen LogP contribution in [0.3, 0.4) is 0 Å². The topological polar surface area (TPSA) is 0 Å². The van der Waals surface area contributed by atoms with Crippen molar-refractivity contribution in [2.75, 3.05) is 0 Å². The summed E-state index contributed by atoms with van der Waals surface area (Å²) in [4.78, 5) is 0. The minimum Gasteiger partial charge on any atom is -0.0955 e. The molecule has 0 saturated heterocycles. The second-order valence-electron chi connectivity index (χ2n) is 4.11. The van der Waals surface area contributed by atoms with Crippen LogP contribution < -0.4 is 0 Å². The monoisotopic (exact) mass is 148 g/mol. The maximum Gasteiger partial charge on any atom is -0.00973 e. The highest BCUT2D eigenvalue weighted by molar-refractivity contribution is 5.36. The molecule has 0 aromatic carbocycles. The van der Waals surface area contributed by atoms with Crippen molar-refractivity contribution in [3.63, 3.8) is 0 Å². The fraction of sp³-hybridized carbons (Fsp3) is 0.455. The van der Waals surface area contributed by atoms with Gasteiger partial charge in [-0.15, -0.1) is 0 Å². The minimum atomic E-state index is 0.289. The van der Waals surface area contributed by atoms with Crippen LogP contribution in [0.25, 0.3) is 0 Å². The minimum absolute atomic E-state index is 0.289. The van der Waals surface area contributed by atoms with Crippen molar-refractivity contribution in [3.8, 4) is 0 Å². The Labute approximate surface area is 69.3 Å². The van der Waals surface area contributed by atoms with E-state index in [1.807, 2.05) is 0 Å². The predicted molar refractivity (Wildman–Crippen MR) is 50.4 cm³/mol. The average molecular weight is 148 g/mol. The maximum atomic E-state index is 3.90. The second-order valence-corrected chi connectivity index (χ2v) is 4.11. The summed E-state index contributed by atoms with van der Waals surface area (Å²) in [7, 11) is 0. The maximum absolute atomic E-state index is 3.90. The number of hydrogen-bond acceptors (Lipinski definition) is 0. The summed E-state index contributed by atoms with van der Waals surface area (Å²) >= 11 is 0. The van der Waals surface area contributed by atoms with Gasteiger partial charge in [-0.05, 0) is 17.4 Å². The molecule has 11 heavy (non-hydrogen) atoms. The first-order valence-corrected chi connectivity index (χ1v) is 4.06. The van der Waals surface area contributed by atoms with Crippen molar-refractivity contribution in [3.05, 3.63) is 36.0 Å². The summed E-state index contributed by atoms with van der Waals surface area (Å²) < 4.78 is 0. The average Bonchev–Trinajstić information content (AvgIpc) is 1.86. The van der Waals surface area contributed by atoms with Crippen LogP contribution in [-0.4, -0.2) is 0 Å². The molecule has 0 nitrogen and oxygen atoms in total. The van der Waals surface area contributed by atoms with Crippen LogP contribution in [-0.2, 0) is 0 Å². The summed E-state index contributed by atoms with van der Waals surface area (Å²) in [6, 6.07) is 0. The van der Waals surface area contributed by atoms with Gasteiger partial charge >= 0.3 is 0 Å². The summed E-state index contributed by atoms with van der Waals surface area (Å²) in [5, 5.41) is 0. The number of allylic oxidation sites excluding steroid dienone is 5. The Balaban J connectivity index is 2.79. The van der Waals surface area contributed by atoms with Crippen LogP contribution in [0.15, 0.2) is 36.0 Å². The molecule has 0 atom stereocenters. The lowest BCUT2D eigenvalue weighted by Crippen LogP contribution is -2.08. The molecule has 1 aliphatic carbocycles. The zero-order valence-electron chi connectivity index (χ0n) is 7.65. The van der Waals surface area contributed by atoms with Gasteiger partial charge in [0.15, 0.2) is 0 Å². The normalized spacial score (nSPS) is 18.5. The third kappa shape index (κ3) is 2.07. The third-order valence-corrected chi connectivity index (χ3v) is 1.95. The molecule has 0 N–H and O–H groups in total. The lowest BCUT2D eigenvalue weighted by atomic mass is 9.83. The van der Waals surface area contributed by atoms with Gasteiger partial charge in [0.1, 0.15) is 0 Å². The number of rotatable bonds is 0. The van der Waals surface area contributed by atoms with E-state index in [-0.39, 0.29) is 5.41 Å². The van der Waals surface area contributed by atoms with Crippen molar-refractivity contribution in [2.24, 2.45) is 5.41 Å². The van der Waals surface area contributed by atoms with E-state index >= 15 is 0 Å². The Hall–Kier alpha value is -0.780. The number of hydrogen-bond donors (Lipinski definition) is 0. The molecular formula is C11H16. The van der Waals surface area contributed by atoms with E-state index < -0.39 is 0 Å². The zero-order valence-corrected chi connectivity index (χ0v) is 7.65. The Morgan fingerprint density at radius 1 is 1.27 bits per heavy atom. The molecule has 0 aliphatic heterocycles. The summed E-state index contributed by atoms with van der Waals surface area (Å²) in [5.41, 5.74) is 2.92. The largest absolute Gasteiger partial charge is 0.0955 e. The van der Waals surface area contributed by atoms with Gasteiger partial charge in [-0.3, -0.25) is 0 Å². The van der Waals surface area contributed by atoms with E-state index in [1.54, 1.807) is 0 Å². The molecule has 0 saturated carbocycles. The summed E-state index contributed by atoms with van der Waals surface area (Å²) in [6.45, 7) is 10.6. The quantitative estimate of drug-likeness (QED) is 0.493. The molecule has 60 valence electrons. The van der Waals surface area contributed by atoms with Gasteiger partial charge in [0.25, 0.3) is 0 Å². The van der Waals surface area contributed by atoms with Gasteiger partial charge in [0, 0.05) is 0 Å². The molecule has 0 radical (unpaired) electrons. The lowest BCUT2D eigenvalue weighted by molar-refractivity contribution is 0.514. The molecule has 0 spiro atoms. The van der Waals surface area contributed by atoms with E-state index in [0.717, 1.165) is 6.42 Å². The van der Waals surface area contributed by atoms with E-state index in [4.69, 9.17) is 0 Å². The van der Waals surface area contributed by atoms with Gasteiger partial charge in [0.05, 0.1) is 0 Å². The summed E-state index contributed by atoms with van der Waals surface area (Å²) in [6.07, 6.45) is 7.57. The lowest BCUT2D eigenvalue weighted by Gasteiger charge is -2.22. The molecule has 0 bridgehead atoms. The smallest absolute Gasteiger partial charge is 0.00973 e. The second kappa shape index (κ2) is 2.69. The van der Waals surface area contributed by atoms with E-state index in [2.05, 4.69) is 45.6 Å². The van der Waals surface area contributed by atoms with E-state index in [0.29, 0.717) is 0 Å². The molecule has 1 aliphatic rings. The van der Waals surface area contributed by atoms with Gasteiger partial charge in [-0.1, -0.05) is 51.2 Å². The molecule has 0 aromatic rings. The fourth-order valence-corrected chi connectivity index (χ4v) is 1.14. The van der Waals surface area contributed by atoms with Crippen molar-refractivity contribution in [1.82, 2.24) is 0 Å². The van der Waals surface area contributed by atoms with Crippen LogP contribution >= 0.6 is 0 Å². The van der Waals surface area contributed by atoms with Crippen molar-refractivity contribution in [1.29, 1.82) is 0 Å². The van der Waals surface area contributed by atoms with Gasteiger partial charge in [-0.2, -0.15) is 0 Å². The van der Waals surface area contributed by atoms with Crippen LogP contribution in [0.4, 0.5) is 0 Å². The molecule has 0 heterocycles. The Bertz CT molecular complexity index is 221. The molecule has 0 heteroatoms. The molecule has 0 fully saturated rings. The highest BCUT2D eigenvalue weighted by atomic mass is 14.2. The van der Waals surface area contributed by atoms with Crippen LogP contribution in [0.1, 0.15) is 27.2 Å². The van der Waals surface area contributed by atoms with Crippen molar-refractivity contribution >= 4 is 0 Å². The first kappa shape index (κ1) is 8.32. The molecular weight excluding hydrogens is 132 g/mol. The van der Waals surface area contributed by atoms with Crippen LogP contribution in [0, 0.1) is 5.41 Å². The van der Waals surface area contributed by atoms with E-state index in [1.165, 1.54) is 11.1 Å². The van der Waals surface area contributed by atoms with Gasteiger partial charge in [0.2, 0.25) is 0 Å².